The van der Waals surface area contributed by atoms with Crippen LogP contribution in [0.2, 0.25) is 0 Å². The minimum absolute atomic E-state index is 0.752. The Morgan fingerprint density at radius 2 is 1.00 bits per heavy atom. The van der Waals surface area contributed by atoms with E-state index in [-0.39, 0.29) is 0 Å². The predicted octanol–water partition coefficient (Wildman–Crippen LogP) is 2.70. The van der Waals surface area contributed by atoms with E-state index < -0.39 is 0 Å². The number of hydrogen-bond donors (Lipinski definition) is 4. The molecule has 0 N–H and O–H groups in total. The second-order valence-electron chi connectivity index (χ2n) is 1.87. The van der Waals surface area contributed by atoms with Gasteiger partial charge in [-0.05, 0) is 5.57 Å². The summed E-state index contributed by atoms with van der Waals surface area (Å²) in [6.07, 6.45) is 0. The van der Waals surface area contributed by atoms with Crippen LogP contribution in [-0.2, 0) is 0 Å². The summed E-state index contributed by atoms with van der Waals surface area (Å²) in [5.41, 5.74) is 0.793. The van der Waals surface area contributed by atoms with Crippen molar-refractivity contribution in [3.05, 3.63) is 31.8 Å². The van der Waals surface area contributed by atoms with Crippen molar-refractivity contribution in [2.45, 2.75) is 0 Å². The second-order valence-corrected chi connectivity index (χ2v) is 3.66. The third-order valence-corrected chi connectivity index (χ3v) is 3.66. The first-order valence-corrected chi connectivity index (χ1v) is 4.29. The summed E-state index contributed by atoms with van der Waals surface area (Å²) in [4.78, 5) is 3.03. The van der Waals surface area contributed by atoms with Gasteiger partial charge >= 0.3 is 0 Å². The molecule has 54 valence electrons. The Morgan fingerprint density at radius 3 is 1.10 bits per heavy atom. The highest BCUT2D eigenvalue weighted by Gasteiger charge is 2.18. The van der Waals surface area contributed by atoms with Crippen LogP contribution in [0.4, 0.5) is 0 Å². The van der Waals surface area contributed by atoms with E-state index in [1.807, 2.05) is 0 Å². The number of thiol groups is 4. The van der Waals surface area contributed by atoms with Crippen molar-refractivity contribution in [1.82, 2.24) is 0 Å². The molecule has 0 spiro atoms. The molecule has 1 rings (SSSR count). The van der Waals surface area contributed by atoms with Crippen LogP contribution >= 0.6 is 50.5 Å². The van der Waals surface area contributed by atoms with Gasteiger partial charge in [-0.1, -0.05) is 6.58 Å². The molecule has 1 aliphatic rings. The third-order valence-electron chi connectivity index (χ3n) is 1.24. The Hall–Kier alpha value is 0.620. The monoisotopic (exact) mass is 206 g/mol. The number of rotatable bonds is 0. The van der Waals surface area contributed by atoms with Gasteiger partial charge in [0, 0.05) is 19.6 Å². The van der Waals surface area contributed by atoms with E-state index in [4.69, 9.17) is 0 Å². The van der Waals surface area contributed by atoms with Gasteiger partial charge in [0.1, 0.15) is 0 Å². The zero-order chi connectivity index (χ0) is 7.89. The quantitative estimate of drug-likeness (QED) is 0.430. The molecule has 0 heterocycles. The Kier molecular flexibility index (Phi) is 2.55. The van der Waals surface area contributed by atoms with Crippen LogP contribution in [0.5, 0.6) is 0 Å². The van der Waals surface area contributed by atoms with Crippen LogP contribution in [0.15, 0.2) is 31.8 Å². The molecular weight excluding hydrogens is 200 g/mol. The molecule has 0 unspecified atom stereocenters. The zero-order valence-electron chi connectivity index (χ0n) is 5.00. The van der Waals surface area contributed by atoms with E-state index in [1.165, 1.54) is 0 Å². The van der Waals surface area contributed by atoms with E-state index in [0.29, 0.717) is 0 Å². The van der Waals surface area contributed by atoms with Crippen molar-refractivity contribution in [1.29, 1.82) is 0 Å². The maximum absolute atomic E-state index is 4.17. The van der Waals surface area contributed by atoms with Gasteiger partial charge in [-0.15, -0.1) is 50.5 Å². The fourth-order valence-electron chi connectivity index (χ4n) is 0.622. The molecule has 0 radical (unpaired) electrons. The number of hydrogen-bond acceptors (Lipinski definition) is 4. The summed E-state index contributed by atoms with van der Waals surface area (Å²) in [6.45, 7) is 3.75. The smallest absolute Gasteiger partial charge is 0.0326 e. The minimum Gasteiger partial charge on any atom is -0.142 e. The molecule has 0 fully saturated rings. The first-order chi connectivity index (χ1) is 4.55. The van der Waals surface area contributed by atoms with Crippen molar-refractivity contribution < 1.29 is 0 Å². The van der Waals surface area contributed by atoms with Gasteiger partial charge in [-0.2, -0.15) is 0 Å². The lowest BCUT2D eigenvalue weighted by Gasteiger charge is -1.94. The van der Waals surface area contributed by atoms with E-state index in [2.05, 4.69) is 57.1 Å². The van der Waals surface area contributed by atoms with Crippen LogP contribution < -0.4 is 0 Å². The second kappa shape index (κ2) is 2.93. The Balaban J connectivity index is 3.22. The molecule has 10 heavy (non-hydrogen) atoms. The van der Waals surface area contributed by atoms with Gasteiger partial charge in [0.15, 0.2) is 0 Å². The largest absolute Gasteiger partial charge is 0.142 e. The van der Waals surface area contributed by atoms with Crippen molar-refractivity contribution in [3.8, 4) is 0 Å². The molecule has 0 saturated heterocycles. The highest BCUT2D eigenvalue weighted by Crippen LogP contribution is 2.42. The molecule has 0 bridgehead atoms. The van der Waals surface area contributed by atoms with Gasteiger partial charge in [-0.3, -0.25) is 0 Å². The SMILES string of the molecule is C=C1C(S)=C(S)C(S)=C1S. The van der Waals surface area contributed by atoms with Crippen LogP contribution in [0.1, 0.15) is 0 Å². The standard InChI is InChI=1S/C6H6S4/c1-2-3(7)5(9)6(10)4(2)8/h7-10H,1H2. The van der Waals surface area contributed by atoms with Gasteiger partial charge in [0.05, 0.1) is 0 Å². The Bertz CT molecular complexity index is 233. The summed E-state index contributed by atoms with van der Waals surface area (Å²) < 4.78 is 0. The fourth-order valence-corrected chi connectivity index (χ4v) is 1.83. The average Bonchev–Trinajstić information content (AvgIpc) is 2.07. The molecule has 0 aromatic rings. The van der Waals surface area contributed by atoms with E-state index in [1.54, 1.807) is 0 Å². The number of allylic oxidation sites excluding steroid dienone is 2. The van der Waals surface area contributed by atoms with Gasteiger partial charge < -0.3 is 0 Å². The average molecular weight is 206 g/mol. The Morgan fingerprint density at radius 1 is 0.700 bits per heavy atom. The molecule has 1 aliphatic carbocycles. The maximum atomic E-state index is 4.17. The molecule has 4 heteroatoms. The molecule has 0 atom stereocenters. The van der Waals surface area contributed by atoms with Crippen molar-refractivity contribution in [3.63, 3.8) is 0 Å². The predicted molar refractivity (Wildman–Crippen MR) is 59.1 cm³/mol. The summed E-state index contributed by atoms with van der Waals surface area (Å²) in [7, 11) is 0. The molecule has 0 aromatic heterocycles. The summed E-state index contributed by atoms with van der Waals surface area (Å²) in [5.74, 6) is 0. The molecule has 0 saturated carbocycles. The lowest BCUT2D eigenvalue weighted by molar-refractivity contribution is 1.77. The maximum Gasteiger partial charge on any atom is 0.0326 e. The minimum atomic E-state index is 0.752. The van der Waals surface area contributed by atoms with Crippen molar-refractivity contribution in [2.24, 2.45) is 0 Å². The molecule has 0 nitrogen and oxygen atoms in total. The molecule has 0 amide bonds. The summed E-state index contributed by atoms with van der Waals surface area (Å²) >= 11 is 16.7. The van der Waals surface area contributed by atoms with E-state index in [9.17, 15) is 0 Å². The highest BCUT2D eigenvalue weighted by molar-refractivity contribution is 7.94. The van der Waals surface area contributed by atoms with Crippen LogP contribution in [0.25, 0.3) is 0 Å². The molecular formula is C6H6S4. The van der Waals surface area contributed by atoms with Gasteiger partial charge in [-0.25, -0.2) is 0 Å². The third kappa shape index (κ3) is 1.18. The van der Waals surface area contributed by atoms with Crippen LogP contribution in [0, 0.1) is 0 Å². The summed E-state index contributed by atoms with van der Waals surface area (Å²) in [6, 6.07) is 0. The lowest BCUT2D eigenvalue weighted by Crippen LogP contribution is -1.72. The molecule has 0 aromatic carbocycles. The normalized spacial score (nSPS) is 19.4. The van der Waals surface area contributed by atoms with Crippen LogP contribution in [-0.4, -0.2) is 0 Å². The first-order valence-electron chi connectivity index (χ1n) is 2.50. The fraction of sp³-hybridized carbons (Fsp3) is 0. The van der Waals surface area contributed by atoms with E-state index >= 15 is 0 Å². The Labute approximate surface area is 82.1 Å². The van der Waals surface area contributed by atoms with Crippen LogP contribution in [0.3, 0.4) is 0 Å². The van der Waals surface area contributed by atoms with E-state index in [0.717, 1.165) is 25.2 Å². The summed E-state index contributed by atoms with van der Waals surface area (Å²) in [5, 5.41) is 0. The van der Waals surface area contributed by atoms with Crippen molar-refractivity contribution in [2.75, 3.05) is 0 Å². The lowest BCUT2D eigenvalue weighted by atomic mass is 10.3. The van der Waals surface area contributed by atoms with Crippen molar-refractivity contribution >= 4 is 50.5 Å². The molecule has 0 aliphatic heterocycles. The van der Waals surface area contributed by atoms with Gasteiger partial charge in [0.25, 0.3) is 0 Å². The highest BCUT2D eigenvalue weighted by atomic mass is 32.1. The van der Waals surface area contributed by atoms with Gasteiger partial charge in [0.2, 0.25) is 0 Å². The first kappa shape index (κ1) is 8.71. The topological polar surface area (TPSA) is 0 Å². The zero-order valence-corrected chi connectivity index (χ0v) is 8.57.